The highest BCUT2D eigenvalue weighted by molar-refractivity contribution is 5.01. The van der Waals surface area contributed by atoms with Crippen LogP contribution < -0.4 is 0 Å². The van der Waals surface area contributed by atoms with E-state index in [4.69, 9.17) is 0 Å². The highest BCUT2D eigenvalue weighted by Gasteiger charge is 2.18. The van der Waals surface area contributed by atoms with E-state index in [1.807, 2.05) is 0 Å². The van der Waals surface area contributed by atoms with Gasteiger partial charge < -0.3 is 0 Å². The molecule has 0 aliphatic heterocycles. The van der Waals surface area contributed by atoms with Crippen molar-refractivity contribution >= 4 is 0 Å². The van der Waals surface area contributed by atoms with E-state index in [9.17, 15) is 0 Å². The van der Waals surface area contributed by atoms with Crippen LogP contribution in [0.5, 0.6) is 0 Å². The van der Waals surface area contributed by atoms with Crippen LogP contribution >= 0.6 is 0 Å². The van der Waals surface area contributed by atoms with Gasteiger partial charge in [0.1, 0.15) is 0 Å². The molecule has 0 heterocycles. The summed E-state index contributed by atoms with van der Waals surface area (Å²) in [5.74, 6) is 0. The number of hydrogen-bond acceptors (Lipinski definition) is 0. The summed E-state index contributed by atoms with van der Waals surface area (Å²) in [7, 11) is 0. The summed E-state index contributed by atoms with van der Waals surface area (Å²) in [6.45, 7) is 7.00. The van der Waals surface area contributed by atoms with Crippen LogP contribution in [0, 0.1) is 5.41 Å². The molecule has 0 bridgehead atoms. The van der Waals surface area contributed by atoms with Gasteiger partial charge in [-0.1, -0.05) is 25.5 Å². The SMILES string of the molecule is CC1([13CH3])CCC=C([13CH3])CC1. The lowest BCUT2D eigenvalue weighted by Crippen LogP contribution is -2.08. The first-order valence-electron chi connectivity index (χ1n) is 4.26. The zero-order valence-corrected chi connectivity index (χ0v) is 7.41. The predicted molar refractivity (Wildman–Crippen MR) is 46.0 cm³/mol. The molecule has 0 heteroatoms. The van der Waals surface area contributed by atoms with Crippen molar-refractivity contribution in [3.63, 3.8) is 0 Å². The van der Waals surface area contributed by atoms with Crippen molar-refractivity contribution in [2.75, 3.05) is 0 Å². The molecule has 0 spiro atoms. The molecule has 0 aromatic heterocycles. The fourth-order valence-electron chi connectivity index (χ4n) is 1.47. The lowest BCUT2D eigenvalue weighted by molar-refractivity contribution is 0.318. The van der Waals surface area contributed by atoms with Gasteiger partial charge in [-0.3, -0.25) is 0 Å². The van der Waals surface area contributed by atoms with Crippen molar-refractivity contribution in [1.29, 1.82) is 0 Å². The minimum Gasteiger partial charge on any atom is -0.0856 e. The Labute approximate surface area is 64.3 Å². The van der Waals surface area contributed by atoms with Crippen molar-refractivity contribution in [3.05, 3.63) is 11.6 Å². The summed E-state index contributed by atoms with van der Waals surface area (Å²) in [6, 6.07) is 0. The lowest BCUT2D eigenvalue weighted by atomic mass is 9.91. The van der Waals surface area contributed by atoms with Crippen LogP contribution in [-0.2, 0) is 0 Å². The van der Waals surface area contributed by atoms with E-state index in [2.05, 4.69) is 26.8 Å². The standard InChI is InChI=1S/C10H18/c1-9-5-4-7-10(2,3)8-6-9/h5H,4,6-8H2,1-3H3/i1+1,2+1. The monoisotopic (exact) mass is 140 g/mol. The molecule has 0 aromatic rings. The number of rotatable bonds is 0. The van der Waals surface area contributed by atoms with E-state index in [0.717, 1.165) is 0 Å². The van der Waals surface area contributed by atoms with Gasteiger partial charge in [0.05, 0.1) is 0 Å². The minimum atomic E-state index is 0.592. The maximum absolute atomic E-state index is 2.40. The normalized spacial score (nSPS) is 34.9. The van der Waals surface area contributed by atoms with Gasteiger partial charge in [0.15, 0.2) is 0 Å². The molecule has 1 aliphatic carbocycles. The second-order valence-electron chi connectivity index (χ2n) is 4.25. The van der Waals surface area contributed by atoms with Crippen LogP contribution in [0.1, 0.15) is 46.5 Å². The topological polar surface area (TPSA) is 0 Å². The quantitative estimate of drug-likeness (QED) is 0.356. The van der Waals surface area contributed by atoms with Gasteiger partial charge in [-0.2, -0.15) is 0 Å². The van der Waals surface area contributed by atoms with E-state index < -0.39 is 0 Å². The fraction of sp³-hybridized carbons (Fsp3) is 0.800. The second kappa shape index (κ2) is 2.77. The van der Waals surface area contributed by atoms with Crippen LogP contribution in [0.3, 0.4) is 0 Å². The van der Waals surface area contributed by atoms with Crippen LogP contribution in [-0.4, -0.2) is 0 Å². The summed E-state index contributed by atoms with van der Waals surface area (Å²) in [6.07, 6.45) is 7.74. The number of allylic oxidation sites excluding steroid dienone is 2. The molecule has 1 atom stereocenters. The fourth-order valence-corrected chi connectivity index (χ4v) is 1.47. The molecule has 58 valence electrons. The molecule has 0 aromatic carbocycles. The molecule has 1 rings (SSSR count). The van der Waals surface area contributed by atoms with Gasteiger partial charge in [0.25, 0.3) is 0 Å². The van der Waals surface area contributed by atoms with Crippen molar-refractivity contribution in [1.82, 2.24) is 0 Å². The molecule has 10 heavy (non-hydrogen) atoms. The zero-order chi connectivity index (χ0) is 7.61. The molecule has 0 amide bonds. The molecular formula is C10H18. The Morgan fingerprint density at radius 3 is 2.70 bits per heavy atom. The van der Waals surface area contributed by atoms with Gasteiger partial charge in [0.2, 0.25) is 0 Å². The largest absolute Gasteiger partial charge is 0.0856 e. The van der Waals surface area contributed by atoms with Crippen molar-refractivity contribution in [3.8, 4) is 0 Å². The summed E-state index contributed by atoms with van der Waals surface area (Å²) in [4.78, 5) is 0. The molecule has 1 unspecified atom stereocenters. The third-order valence-corrected chi connectivity index (χ3v) is 2.51. The van der Waals surface area contributed by atoms with Crippen LogP contribution in [0.2, 0.25) is 0 Å². The van der Waals surface area contributed by atoms with Gasteiger partial charge in [-0.05, 0) is 38.0 Å². The molecule has 0 fully saturated rings. The average Bonchev–Trinajstić information content (AvgIpc) is 1.94. The summed E-state index contributed by atoms with van der Waals surface area (Å²) in [5.41, 5.74) is 2.18. The molecule has 0 N–H and O–H groups in total. The Morgan fingerprint density at radius 2 is 2.00 bits per heavy atom. The Balaban J connectivity index is 2.52. The summed E-state index contributed by atoms with van der Waals surface area (Å²) >= 11 is 0. The summed E-state index contributed by atoms with van der Waals surface area (Å²) < 4.78 is 0. The van der Waals surface area contributed by atoms with E-state index >= 15 is 0 Å². The highest BCUT2D eigenvalue weighted by Crippen LogP contribution is 2.32. The second-order valence-corrected chi connectivity index (χ2v) is 4.25. The summed E-state index contributed by atoms with van der Waals surface area (Å²) in [5, 5.41) is 0. The van der Waals surface area contributed by atoms with E-state index in [0.29, 0.717) is 5.41 Å². The van der Waals surface area contributed by atoms with Gasteiger partial charge in [-0.15, -0.1) is 0 Å². The Hall–Kier alpha value is -0.260. The van der Waals surface area contributed by atoms with Crippen molar-refractivity contribution in [2.24, 2.45) is 5.41 Å². The maximum Gasteiger partial charge on any atom is -0.0318 e. The average molecular weight is 140 g/mol. The third kappa shape index (κ3) is 2.17. The van der Waals surface area contributed by atoms with Gasteiger partial charge in [-0.25, -0.2) is 0 Å². The lowest BCUT2D eigenvalue weighted by Gasteiger charge is -2.21. The first-order chi connectivity index (χ1) is 4.60. The van der Waals surface area contributed by atoms with Crippen molar-refractivity contribution in [2.45, 2.75) is 46.5 Å². The molecule has 0 saturated heterocycles. The van der Waals surface area contributed by atoms with E-state index in [-0.39, 0.29) is 0 Å². The molecule has 1 aliphatic rings. The molecule has 0 radical (unpaired) electrons. The van der Waals surface area contributed by atoms with Gasteiger partial charge in [0, 0.05) is 0 Å². The Bertz CT molecular complexity index is 140. The molecule has 0 saturated carbocycles. The maximum atomic E-state index is 2.40. The zero-order valence-electron chi connectivity index (χ0n) is 7.41. The number of hydrogen-bond donors (Lipinski definition) is 0. The van der Waals surface area contributed by atoms with Crippen LogP contribution in [0.15, 0.2) is 11.6 Å². The third-order valence-electron chi connectivity index (χ3n) is 2.51. The predicted octanol–water partition coefficient (Wildman–Crippen LogP) is 3.53. The first kappa shape index (κ1) is 7.84. The van der Waals surface area contributed by atoms with Gasteiger partial charge >= 0.3 is 0 Å². The van der Waals surface area contributed by atoms with Crippen molar-refractivity contribution < 1.29 is 0 Å². The van der Waals surface area contributed by atoms with E-state index in [1.54, 1.807) is 5.57 Å². The highest BCUT2D eigenvalue weighted by atomic mass is 14.4. The minimum absolute atomic E-state index is 0.592. The Morgan fingerprint density at radius 1 is 1.30 bits per heavy atom. The van der Waals surface area contributed by atoms with Crippen LogP contribution in [0.25, 0.3) is 0 Å². The first-order valence-corrected chi connectivity index (χ1v) is 4.26. The van der Waals surface area contributed by atoms with Crippen LogP contribution in [0.4, 0.5) is 0 Å². The molecular weight excluding hydrogens is 122 g/mol. The Kier molecular flexibility index (Phi) is 2.18. The van der Waals surface area contributed by atoms with E-state index in [1.165, 1.54) is 25.7 Å². The smallest absolute Gasteiger partial charge is 0.0318 e. The molecule has 0 nitrogen and oxygen atoms in total.